The normalized spacial score (nSPS) is 13.8. The van der Waals surface area contributed by atoms with Crippen LogP contribution >= 0.6 is 11.3 Å². The predicted octanol–water partition coefficient (Wildman–Crippen LogP) is -0.940. The highest BCUT2D eigenvalue weighted by atomic mass is 32.2. The molecule has 0 fully saturated rings. The maximum Gasteiger partial charge on any atom is 0.269 e. The van der Waals surface area contributed by atoms with Crippen LogP contribution in [0, 0.1) is 0 Å². The molecule has 0 amide bonds. The minimum atomic E-state index is -3.68. The van der Waals surface area contributed by atoms with Crippen LogP contribution in [0.1, 0.15) is 0 Å². The average Bonchev–Trinajstić information content (AvgIpc) is 2.72. The summed E-state index contributed by atoms with van der Waals surface area (Å²) >= 11 is 0.800. The molecule has 8 nitrogen and oxygen atoms in total. The lowest BCUT2D eigenvalue weighted by Crippen LogP contribution is -2.35. The Kier molecular flexibility index (Phi) is 5.21. The molecular weight excluding hydrogens is 268 g/mol. The third kappa shape index (κ3) is 4.16. The molecule has 1 aromatic rings. The van der Waals surface area contributed by atoms with Gasteiger partial charge in [0.1, 0.15) is 0 Å². The van der Waals surface area contributed by atoms with Gasteiger partial charge in [0.05, 0.1) is 12.7 Å². The van der Waals surface area contributed by atoms with Crippen molar-refractivity contribution >= 4 is 26.5 Å². The Morgan fingerprint density at radius 2 is 2.18 bits per heavy atom. The fourth-order valence-corrected chi connectivity index (χ4v) is 2.88. The van der Waals surface area contributed by atoms with Crippen molar-refractivity contribution in [2.24, 2.45) is 0 Å². The van der Waals surface area contributed by atoms with Crippen molar-refractivity contribution in [3.8, 4) is 0 Å². The topological polar surface area (TPSA) is 116 Å². The molecule has 0 aliphatic carbocycles. The summed E-state index contributed by atoms with van der Waals surface area (Å²) in [6, 6.07) is 0. The van der Waals surface area contributed by atoms with Crippen LogP contribution in [0.15, 0.2) is 4.34 Å². The van der Waals surface area contributed by atoms with Gasteiger partial charge in [-0.1, -0.05) is 11.3 Å². The van der Waals surface area contributed by atoms with Crippen molar-refractivity contribution < 1.29 is 17.9 Å². The summed E-state index contributed by atoms with van der Waals surface area (Å²) in [5.41, 5.74) is 5.31. The maximum absolute atomic E-state index is 11.7. The quantitative estimate of drug-likeness (QED) is 0.663. The first-order chi connectivity index (χ1) is 7.99. The summed E-state index contributed by atoms with van der Waals surface area (Å²) < 4.78 is 35.5. The summed E-state index contributed by atoms with van der Waals surface area (Å²) in [6.45, 7) is 0.378. The average molecular weight is 282 g/mol. The second-order valence-corrected chi connectivity index (χ2v) is 6.02. The van der Waals surface area contributed by atoms with Crippen LogP contribution in [0.4, 0.5) is 5.13 Å². The highest BCUT2D eigenvalue weighted by Gasteiger charge is 2.21. The number of aromatic nitrogens is 2. The lowest BCUT2D eigenvalue weighted by atomic mass is 10.4. The largest absolute Gasteiger partial charge is 0.382 e. The van der Waals surface area contributed by atoms with Crippen molar-refractivity contribution in [3.63, 3.8) is 0 Å². The van der Waals surface area contributed by atoms with Gasteiger partial charge in [0.2, 0.25) is 9.47 Å². The van der Waals surface area contributed by atoms with E-state index in [9.17, 15) is 8.42 Å². The molecular formula is C7H14N4O4S2. The van der Waals surface area contributed by atoms with E-state index in [1.54, 1.807) is 0 Å². The summed E-state index contributed by atoms with van der Waals surface area (Å²) in [7, 11) is -0.705. The maximum atomic E-state index is 11.7. The number of ether oxygens (including phenoxy) is 2. The molecule has 0 aliphatic heterocycles. The van der Waals surface area contributed by atoms with Crippen LogP contribution in [-0.2, 0) is 19.5 Å². The van der Waals surface area contributed by atoms with Crippen molar-refractivity contribution in [1.29, 1.82) is 0 Å². The van der Waals surface area contributed by atoms with Gasteiger partial charge in [0.25, 0.3) is 10.0 Å². The fraction of sp³-hybridized carbons (Fsp3) is 0.714. The van der Waals surface area contributed by atoms with Crippen molar-refractivity contribution in [2.75, 3.05) is 33.1 Å². The smallest absolute Gasteiger partial charge is 0.269 e. The molecule has 0 radical (unpaired) electrons. The van der Waals surface area contributed by atoms with Gasteiger partial charge in [0.15, 0.2) is 0 Å². The molecule has 0 bridgehead atoms. The number of methoxy groups -OCH3 is 2. The van der Waals surface area contributed by atoms with Crippen LogP contribution in [0.25, 0.3) is 0 Å². The van der Waals surface area contributed by atoms with Gasteiger partial charge in [-0.05, 0) is 0 Å². The SMILES string of the molecule is COCC(CNS(=O)(=O)c1nnc(N)s1)OC. The number of sulfonamides is 1. The lowest BCUT2D eigenvalue weighted by molar-refractivity contribution is 0.0320. The second-order valence-electron chi connectivity index (χ2n) is 3.07. The Balaban J connectivity index is 2.61. The first kappa shape index (κ1) is 14.3. The number of anilines is 1. The van der Waals surface area contributed by atoms with E-state index < -0.39 is 10.0 Å². The Hall–Kier alpha value is -0.810. The van der Waals surface area contributed by atoms with E-state index in [1.165, 1.54) is 14.2 Å². The molecule has 0 aliphatic rings. The minimum Gasteiger partial charge on any atom is -0.382 e. The monoisotopic (exact) mass is 282 g/mol. The molecule has 0 saturated heterocycles. The van der Waals surface area contributed by atoms with E-state index in [1.807, 2.05) is 0 Å². The van der Waals surface area contributed by atoms with Crippen LogP contribution in [0.5, 0.6) is 0 Å². The standard InChI is InChI=1S/C7H14N4O4S2/c1-14-4-5(15-2)3-9-17(12,13)7-11-10-6(8)16-7/h5,9H,3-4H2,1-2H3,(H2,8,10). The summed E-state index contributed by atoms with van der Waals surface area (Å²) in [5, 5.41) is 7.00. The first-order valence-electron chi connectivity index (χ1n) is 4.60. The highest BCUT2D eigenvalue weighted by Crippen LogP contribution is 2.16. The molecule has 0 aromatic carbocycles. The van der Waals surface area contributed by atoms with Crippen molar-refractivity contribution in [1.82, 2.24) is 14.9 Å². The Labute approximate surface area is 103 Å². The third-order valence-corrected chi connectivity index (χ3v) is 4.38. The highest BCUT2D eigenvalue weighted by molar-refractivity contribution is 7.91. The number of nitrogens with one attached hydrogen (secondary N) is 1. The fourth-order valence-electron chi connectivity index (χ4n) is 0.990. The number of nitrogens with two attached hydrogens (primary N) is 1. The van der Waals surface area contributed by atoms with E-state index in [-0.39, 0.29) is 28.7 Å². The Morgan fingerprint density at radius 1 is 1.47 bits per heavy atom. The molecule has 98 valence electrons. The van der Waals surface area contributed by atoms with Crippen LogP contribution in [0.3, 0.4) is 0 Å². The second kappa shape index (κ2) is 6.21. The lowest BCUT2D eigenvalue weighted by Gasteiger charge is -2.14. The number of nitrogens with zero attached hydrogens (tertiary/aromatic N) is 2. The number of hydrogen-bond donors (Lipinski definition) is 2. The van der Waals surface area contributed by atoms with E-state index >= 15 is 0 Å². The molecule has 0 spiro atoms. The predicted molar refractivity (Wildman–Crippen MR) is 62.2 cm³/mol. The zero-order valence-electron chi connectivity index (χ0n) is 9.41. The molecule has 1 heterocycles. The van der Waals surface area contributed by atoms with Crippen molar-refractivity contribution in [3.05, 3.63) is 0 Å². The molecule has 10 heteroatoms. The van der Waals surface area contributed by atoms with Gasteiger partial charge in [-0.2, -0.15) is 0 Å². The number of rotatable bonds is 7. The van der Waals surface area contributed by atoms with Crippen LogP contribution in [0.2, 0.25) is 0 Å². The van der Waals surface area contributed by atoms with Crippen LogP contribution in [-0.4, -0.2) is 52.1 Å². The van der Waals surface area contributed by atoms with Gasteiger partial charge in [-0.15, -0.1) is 10.2 Å². The zero-order chi connectivity index (χ0) is 12.9. The number of nitrogen functional groups attached to an aromatic ring is 1. The molecule has 3 N–H and O–H groups in total. The Morgan fingerprint density at radius 3 is 2.65 bits per heavy atom. The van der Waals surface area contributed by atoms with E-state index in [0.29, 0.717) is 0 Å². The molecule has 0 saturated carbocycles. The van der Waals surface area contributed by atoms with Crippen LogP contribution < -0.4 is 10.5 Å². The zero-order valence-corrected chi connectivity index (χ0v) is 11.0. The molecule has 1 atom stereocenters. The molecule has 17 heavy (non-hydrogen) atoms. The summed E-state index contributed by atoms with van der Waals surface area (Å²) in [6.07, 6.45) is -0.361. The molecule has 1 rings (SSSR count). The van der Waals surface area contributed by atoms with Gasteiger partial charge in [0, 0.05) is 20.8 Å². The molecule has 1 unspecified atom stereocenters. The minimum absolute atomic E-state index is 0.0894. The molecule has 1 aromatic heterocycles. The first-order valence-corrected chi connectivity index (χ1v) is 6.90. The van der Waals surface area contributed by atoms with Gasteiger partial charge < -0.3 is 15.2 Å². The van der Waals surface area contributed by atoms with E-state index in [4.69, 9.17) is 15.2 Å². The van der Waals surface area contributed by atoms with Gasteiger partial charge in [-0.25, -0.2) is 13.1 Å². The van der Waals surface area contributed by atoms with E-state index in [0.717, 1.165) is 11.3 Å². The van der Waals surface area contributed by atoms with E-state index in [2.05, 4.69) is 14.9 Å². The summed E-state index contributed by atoms with van der Waals surface area (Å²) in [4.78, 5) is 0. The van der Waals surface area contributed by atoms with Gasteiger partial charge >= 0.3 is 0 Å². The number of hydrogen-bond acceptors (Lipinski definition) is 8. The third-order valence-electron chi connectivity index (χ3n) is 1.84. The van der Waals surface area contributed by atoms with Crippen molar-refractivity contribution in [2.45, 2.75) is 10.4 Å². The Bertz CT molecular complexity index is 446. The summed E-state index contributed by atoms with van der Waals surface area (Å²) in [5.74, 6) is 0. The van der Waals surface area contributed by atoms with Gasteiger partial charge in [-0.3, -0.25) is 0 Å².